The van der Waals surface area contributed by atoms with E-state index in [9.17, 15) is 18.0 Å². The molecule has 1 saturated carbocycles. The first-order valence-corrected chi connectivity index (χ1v) is 9.31. The molecule has 3 aliphatic heterocycles. The molecule has 150 valence electrons. The van der Waals surface area contributed by atoms with Gasteiger partial charge in [-0.15, -0.1) is 6.42 Å². The number of aromatic nitrogens is 2. The molecule has 5 rings (SSSR count). The summed E-state index contributed by atoms with van der Waals surface area (Å²) in [4.78, 5) is 23.2. The first-order valence-electron chi connectivity index (χ1n) is 9.31. The molecule has 4 fully saturated rings. The zero-order valence-electron chi connectivity index (χ0n) is 15.4. The minimum absolute atomic E-state index is 0.0318. The van der Waals surface area contributed by atoms with Gasteiger partial charge in [0.15, 0.2) is 5.69 Å². The second-order valence-corrected chi connectivity index (χ2v) is 7.68. The van der Waals surface area contributed by atoms with Crippen LogP contribution in [0.1, 0.15) is 25.0 Å². The van der Waals surface area contributed by atoms with Crippen molar-refractivity contribution in [1.82, 2.24) is 9.97 Å². The molecule has 1 aromatic heterocycles. The molecule has 0 amide bonds. The average Bonchev–Trinajstić information content (AvgIpc) is 2.64. The van der Waals surface area contributed by atoms with Crippen molar-refractivity contribution < 1.29 is 22.7 Å². The molecule has 2 bridgehead atoms. The molecule has 0 spiro atoms. The monoisotopic (exact) mass is 394 g/mol. The Bertz CT molecular complexity index is 810. The van der Waals surface area contributed by atoms with Crippen LogP contribution in [0.5, 0.6) is 0 Å². The number of hydrogen-bond acceptors (Lipinski definition) is 6. The highest BCUT2D eigenvalue weighted by Gasteiger charge is 2.48. The maximum absolute atomic E-state index is 13.4. The topological polar surface area (TPSA) is 58.6 Å². The molecule has 4 heterocycles. The Morgan fingerprint density at radius 3 is 2.61 bits per heavy atom. The summed E-state index contributed by atoms with van der Waals surface area (Å²) in [5, 5.41) is 0. The summed E-state index contributed by atoms with van der Waals surface area (Å²) >= 11 is 0. The van der Waals surface area contributed by atoms with Crippen molar-refractivity contribution in [2.45, 2.75) is 31.5 Å². The third-order valence-electron chi connectivity index (χ3n) is 6.14. The van der Waals surface area contributed by atoms with Crippen molar-refractivity contribution in [3.8, 4) is 12.3 Å². The zero-order valence-corrected chi connectivity index (χ0v) is 15.4. The fourth-order valence-corrected chi connectivity index (χ4v) is 4.44. The summed E-state index contributed by atoms with van der Waals surface area (Å²) in [6, 6.07) is 0.740. The van der Waals surface area contributed by atoms with Gasteiger partial charge < -0.3 is 14.5 Å². The number of esters is 1. The molecular weight excluding hydrogens is 373 g/mol. The molecule has 6 nitrogen and oxygen atoms in total. The Morgan fingerprint density at radius 2 is 2.07 bits per heavy atom. The van der Waals surface area contributed by atoms with Crippen molar-refractivity contribution >= 4 is 17.7 Å². The lowest BCUT2D eigenvalue weighted by Gasteiger charge is -2.54. The van der Waals surface area contributed by atoms with Gasteiger partial charge in [0.25, 0.3) is 0 Å². The number of anilines is 2. The van der Waals surface area contributed by atoms with Gasteiger partial charge in [0, 0.05) is 32.1 Å². The largest absolute Gasteiger partial charge is 0.469 e. The van der Waals surface area contributed by atoms with Crippen LogP contribution in [0.2, 0.25) is 0 Å². The minimum atomic E-state index is -4.56. The van der Waals surface area contributed by atoms with Crippen LogP contribution in [-0.2, 0) is 15.7 Å². The van der Waals surface area contributed by atoms with Gasteiger partial charge in [-0.2, -0.15) is 18.2 Å². The Balaban J connectivity index is 1.57. The van der Waals surface area contributed by atoms with Crippen LogP contribution < -0.4 is 9.80 Å². The third-order valence-corrected chi connectivity index (χ3v) is 6.14. The maximum atomic E-state index is 13.4. The van der Waals surface area contributed by atoms with E-state index in [-0.39, 0.29) is 41.5 Å². The average molecular weight is 394 g/mol. The van der Waals surface area contributed by atoms with Crippen LogP contribution in [0.3, 0.4) is 0 Å². The number of carbonyl (C=O) groups excluding carboxylic acids is 1. The Hall–Kier alpha value is -2.50. The first kappa shape index (κ1) is 18.8. The van der Waals surface area contributed by atoms with Gasteiger partial charge in [-0.3, -0.25) is 4.79 Å². The molecule has 0 radical (unpaired) electrons. The number of terminal acetylenes is 1. The van der Waals surface area contributed by atoms with Crippen LogP contribution in [0.25, 0.3) is 0 Å². The zero-order chi connectivity index (χ0) is 20.1. The van der Waals surface area contributed by atoms with E-state index in [4.69, 9.17) is 11.2 Å². The molecule has 0 unspecified atom stereocenters. The number of alkyl halides is 3. The number of piperidine rings is 2. The predicted octanol–water partition coefficient (Wildman–Crippen LogP) is 2.34. The molecule has 28 heavy (non-hydrogen) atoms. The number of hydrogen-bond donors (Lipinski definition) is 0. The SMILES string of the molecule is C#C[C@H]1CCN1c1nc(N2C[C@H]3C[C@@H](C2)[C@@H]3CC(=O)OC)cc(C(F)(F)F)n1. The van der Waals surface area contributed by atoms with Gasteiger partial charge in [0.1, 0.15) is 5.82 Å². The van der Waals surface area contributed by atoms with Crippen LogP contribution >= 0.6 is 0 Å². The quantitative estimate of drug-likeness (QED) is 0.577. The fraction of sp³-hybridized carbons (Fsp3) is 0.632. The molecule has 0 N–H and O–H groups in total. The molecule has 1 aromatic rings. The van der Waals surface area contributed by atoms with Gasteiger partial charge in [0.2, 0.25) is 5.95 Å². The van der Waals surface area contributed by atoms with Crippen molar-refractivity contribution in [3.63, 3.8) is 0 Å². The molecule has 0 aromatic carbocycles. The van der Waals surface area contributed by atoms with Crippen LogP contribution in [-0.4, -0.2) is 48.7 Å². The standard InChI is InChI=1S/C19H21F3N4O2/c1-3-13-4-5-26(13)18-23-15(19(20,21)22)8-16(24-18)25-9-11-6-12(10-25)14(11)7-17(27)28-2/h1,8,11-14H,4-7,9-10H2,2H3/t11-,12+,13-,14-/m0/s1. The molecule has 4 aliphatic rings. The second kappa shape index (κ2) is 6.83. The van der Waals surface area contributed by atoms with E-state index in [2.05, 4.69) is 15.9 Å². The highest BCUT2D eigenvalue weighted by molar-refractivity contribution is 5.69. The van der Waals surface area contributed by atoms with Crippen molar-refractivity contribution in [1.29, 1.82) is 0 Å². The highest BCUT2D eigenvalue weighted by Crippen LogP contribution is 2.48. The highest BCUT2D eigenvalue weighted by atomic mass is 19.4. The minimum Gasteiger partial charge on any atom is -0.469 e. The second-order valence-electron chi connectivity index (χ2n) is 7.68. The van der Waals surface area contributed by atoms with Crippen molar-refractivity contribution in [2.24, 2.45) is 17.8 Å². The Kier molecular flexibility index (Phi) is 4.60. The number of methoxy groups -OCH3 is 1. The smallest absolute Gasteiger partial charge is 0.433 e. The number of fused-ring (bicyclic) bond motifs is 2. The van der Waals surface area contributed by atoms with Crippen LogP contribution in [0, 0.1) is 30.1 Å². The van der Waals surface area contributed by atoms with E-state index in [0.717, 1.165) is 12.5 Å². The van der Waals surface area contributed by atoms with E-state index >= 15 is 0 Å². The van der Waals surface area contributed by atoms with E-state index in [1.54, 1.807) is 4.90 Å². The number of halogens is 3. The summed E-state index contributed by atoms with van der Waals surface area (Å²) in [5.41, 5.74) is -0.958. The predicted molar refractivity (Wildman–Crippen MR) is 95.6 cm³/mol. The van der Waals surface area contributed by atoms with Gasteiger partial charge in [0.05, 0.1) is 13.2 Å². The summed E-state index contributed by atoms with van der Waals surface area (Å²) in [6.45, 7) is 1.69. The van der Waals surface area contributed by atoms with Crippen LogP contribution in [0.15, 0.2) is 6.07 Å². The molecular formula is C19H21F3N4O2. The first-order chi connectivity index (χ1) is 13.3. The lowest BCUT2D eigenvalue weighted by molar-refractivity contribution is -0.145. The number of carbonyl (C=O) groups is 1. The van der Waals surface area contributed by atoms with E-state index in [1.807, 2.05) is 4.90 Å². The molecule has 9 heteroatoms. The van der Waals surface area contributed by atoms with Gasteiger partial charge in [-0.1, -0.05) is 5.92 Å². The lowest BCUT2D eigenvalue weighted by Crippen LogP contribution is -2.56. The fourth-order valence-electron chi connectivity index (χ4n) is 4.44. The number of nitrogens with zero attached hydrogens (tertiary/aromatic N) is 4. The van der Waals surface area contributed by atoms with Gasteiger partial charge in [-0.25, -0.2) is 4.98 Å². The van der Waals surface area contributed by atoms with Crippen molar-refractivity contribution in [2.75, 3.05) is 36.5 Å². The third kappa shape index (κ3) is 3.25. The van der Waals surface area contributed by atoms with Crippen molar-refractivity contribution in [3.05, 3.63) is 11.8 Å². The lowest BCUT2D eigenvalue weighted by atomic mass is 9.60. The summed E-state index contributed by atoms with van der Waals surface area (Å²) < 4.78 is 44.9. The molecule has 4 atom stereocenters. The normalized spacial score (nSPS) is 28.8. The van der Waals surface area contributed by atoms with E-state index in [0.29, 0.717) is 32.5 Å². The Morgan fingerprint density at radius 1 is 1.36 bits per heavy atom. The van der Waals surface area contributed by atoms with Gasteiger partial charge >= 0.3 is 12.1 Å². The summed E-state index contributed by atoms with van der Waals surface area (Å²) in [5.74, 6) is 3.36. The maximum Gasteiger partial charge on any atom is 0.433 e. The van der Waals surface area contributed by atoms with Gasteiger partial charge in [-0.05, 0) is 30.6 Å². The van der Waals surface area contributed by atoms with E-state index < -0.39 is 11.9 Å². The number of rotatable bonds is 4. The molecule has 1 aliphatic carbocycles. The molecule has 3 saturated heterocycles. The summed E-state index contributed by atoms with van der Waals surface area (Å²) in [7, 11) is 1.36. The van der Waals surface area contributed by atoms with E-state index in [1.165, 1.54) is 7.11 Å². The number of ether oxygens (including phenoxy) is 1. The summed E-state index contributed by atoms with van der Waals surface area (Å²) in [6.07, 6.45) is 2.94. The van der Waals surface area contributed by atoms with Crippen LogP contribution in [0.4, 0.5) is 24.9 Å². The Labute approximate surface area is 161 Å².